The third-order valence-electron chi connectivity index (χ3n) is 4.08. The number of nitrogens with one attached hydrogen (secondary N) is 2. The fourth-order valence-electron chi connectivity index (χ4n) is 2.69. The number of amides is 1. The molecule has 2 unspecified atom stereocenters. The Hall–Kier alpha value is -1.51. The molecule has 0 spiro atoms. The lowest BCUT2D eigenvalue weighted by molar-refractivity contribution is 0.0779. The standard InChI is InChI=1S/C13H25N7O/c1-9-11(10(2)16-15-9)4-6-19(3)13(21)12-8-20(7-5-14)18-17-12/h8-11,15-16H,4-7,14H2,1-3H3. The van der Waals surface area contributed by atoms with Gasteiger partial charge >= 0.3 is 0 Å². The van der Waals surface area contributed by atoms with Crippen molar-refractivity contribution in [2.24, 2.45) is 11.7 Å². The van der Waals surface area contributed by atoms with Gasteiger partial charge in [-0.2, -0.15) is 0 Å². The number of rotatable bonds is 6. The summed E-state index contributed by atoms with van der Waals surface area (Å²) < 4.78 is 1.59. The quantitative estimate of drug-likeness (QED) is 0.635. The van der Waals surface area contributed by atoms with E-state index in [0.717, 1.165) is 6.42 Å². The van der Waals surface area contributed by atoms with Crippen LogP contribution in [0.2, 0.25) is 0 Å². The molecule has 0 radical (unpaired) electrons. The van der Waals surface area contributed by atoms with Crippen LogP contribution >= 0.6 is 0 Å². The SMILES string of the molecule is CC1NNC(C)C1CCN(C)C(=O)c1cn(CCN)nn1. The van der Waals surface area contributed by atoms with Crippen LogP contribution in [-0.2, 0) is 6.54 Å². The Morgan fingerprint density at radius 1 is 1.43 bits per heavy atom. The molecule has 8 heteroatoms. The van der Waals surface area contributed by atoms with Crippen LogP contribution in [0.4, 0.5) is 0 Å². The van der Waals surface area contributed by atoms with Crippen molar-refractivity contribution in [1.29, 1.82) is 0 Å². The first-order valence-electron chi connectivity index (χ1n) is 7.39. The highest BCUT2D eigenvalue weighted by atomic mass is 16.2. The molecule has 0 saturated carbocycles. The Labute approximate surface area is 125 Å². The molecule has 8 nitrogen and oxygen atoms in total. The molecule has 0 aromatic carbocycles. The molecule has 1 fully saturated rings. The molecule has 1 aromatic rings. The number of nitrogens with zero attached hydrogens (tertiary/aromatic N) is 4. The van der Waals surface area contributed by atoms with Gasteiger partial charge in [0.2, 0.25) is 0 Å². The summed E-state index contributed by atoms with van der Waals surface area (Å²) in [5.41, 5.74) is 12.3. The molecule has 21 heavy (non-hydrogen) atoms. The summed E-state index contributed by atoms with van der Waals surface area (Å²) in [5.74, 6) is 0.408. The maximum absolute atomic E-state index is 12.3. The Bertz CT molecular complexity index is 465. The van der Waals surface area contributed by atoms with Crippen LogP contribution < -0.4 is 16.6 Å². The lowest BCUT2D eigenvalue weighted by atomic mass is 9.93. The van der Waals surface area contributed by atoms with Gasteiger partial charge in [0, 0.05) is 32.2 Å². The van der Waals surface area contributed by atoms with Gasteiger partial charge in [0.05, 0.1) is 12.7 Å². The van der Waals surface area contributed by atoms with Crippen molar-refractivity contribution in [3.63, 3.8) is 0 Å². The zero-order valence-electron chi connectivity index (χ0n) is 12.9. The highest BCUT2D eigenvalue weighted by Crippen LogP contribution is 2.18. The molecular weight excluding hydrogens is 270 g/mol. The van der Waals surface area contributed by atoms with E-state index >= 15 is 0 Å². The molecule has 1 saturated heterocycles. The van der Waals surface area contributed by atoms with Crippen LogP contribution in [-0.4, -0.2) is 58.0 Å². The zero-order valence-corrected chi connectivity index (χ0v) is 12.9. The molecule has 0 bridgehead atoms. The molecule has 118 valence electrons. The topological polar surface area (TPSA) is 101 Å². The minimum Gasteiger partial charge on any atom is -0.340 e. The monoisotopic (exact) mass is 295 g/mol. The normalized spacial score (nSPS) is 25.2. The first kappa shape index (κ1) is 15.9. The Balaban J connectivity index is 1.87. The van der Waals surface area contributed by atoms with E-state index in [1.807, 2.05) is 0 Å². The van der Waals surface area contributed by atoms with E-state index in [1.54, 1.807) is 22.8 Å². The van der Waals surface area contributed by atoms with E-state index in [-0.39, 0.29) is 5.91 Å². The number of aromatic nitrogens is 3. The largest absolute Gasteiger partial charge is 0.340 e. The number of carbonyl (C=O) groups is 1. The third kappa shape index (κ3) is 3.78. The van der Waals surface area contributed by atoms with Gasteiger partial charge in [0.25, 0.3) is 5.91 Å². The van der Waals surface area contributed by atoms with Crippen molar-refractivity contribution < 1.29 is 4.79 Å². The van der Waals surface area contributed by atoms with Crippen LogP contribution in [0.3, 0.4) is 0 Å². The zero-order chi connectivity index (χ0) is 15.4. The van der Waals surface area contributed by atoms with Crippen molar-refractivity contribution in [3.05, 3.63) is 11.9 Å². The van der Waals surface area contributed by atoms with Gasteiger partial charge in [-0.1, -0.05) is 5.21 Å². The summed E-state index contributed by atoms with van der Waals surface area (Å²) in [4.78, 5) is 14.0. The van der Waals surface area contributed by atoms with Crippen LogP contribution in [0.5, 0.6) is 0 Å². The van der Waals surface area contributed by atoms with Gasteiger partial charge < -0.3 is 10.6 Å². The molecular formula is C13H25N7O. The van der Waals surface area contributed by atoms with E-state index in [9.17, 15) is 4.79 Å². The Kier molecular flexibility index (Phi) is 5.27. The highest BCUT2D eigenvalue weighted by Gasteiger charge is 2.30. The number of nitrogens with two attached hydrogens (primary N) is 1. The second-order valence-electron chi connectivity index (χ2n) is 5.70. The molecule has 4 N–H and O–H groups in total. The number of hydrogen-bond acceptors (Lipinski definition) is 6. The van der Waals surface area contributed by atoms with E-state index in [1.165, 1.54) is 0 Å². The second-order valence-corrected chi connectivity index (χ2v) is 5.70. The first-order chi connectivity index (χ1) is 10.0. The lowest BCUT2D eigenvalue weighted by Crippen LogP contribution is -2.32. The van der Waals surface area contributed by atoms with Gasteiger partial charge in [-0.15, -0.1) is 5.10 Å². The predicted molar refractivity (Wildman–Crippen MR) is 79.3 cm³/mol. The van der Waals surface area contributed by atoms with Gasteiger partial charge in [0.1, 0.15) is 0 Å². The highest BCUT2D eigenvalue weighted by molar-refractivity contribution is 5.91. The van der Waals surface area contributed by atoms with Crippen molar-refractivity contribution in [1.82, 2.24) is 30.7 Å². The van der Waals surface area contributed by atoms with Gasteiger partial charge in [-0.25, -0.2) is 0 Å². The fourth-order valence-corrected chi connectivity index (χ4v) is 2.69. The molecule has 2 rings (SSSR count). The summed E-state index contributed by atoms with van der Waals surface area (Å²) in [6.45, 7) is 6.05. The van der Waals surface area contributed by atoms with Crippen LogP contribution in [0.25, 0.3) is 0 Å². The van der Waals surface area contributed by atoms with Crippen molar-refractivity contribution in [2.75, 3.05) is 20.1 Å². The van der Waals surface area contributed by atoms with Gasteiger partial charge in [-0.3, -0.25) is 20.3 Å². The molecule has 2 atom stereocenters. The summed E-state index contributed by atoms with van der Waals surface area (Å²) in [5, 5.41) is 7.80. The fraction of sp³-hybridized carbons (Fsp3) is 0.769. The van der Waals surface area contributed by atoms with Crippen LogP contribution in [0, 0.1) is 5.92 Å². The Morgan fingerprint density at radius 2 is 2.10 bits per heavy atom. The maximum atomic E-state index is 12.3. The minimum atomic E-state index is -0.0995. The second kappa shape index (κ2) is 6.97. The number of carbonyl (C=O) groups excluding carboxylic acids is 1. The van der Waals surface area contributed by atoms with Crippen LogP contribution in [0.15, 0.2) is 6.20 Å². The third-order valence-corrected chi connectivity index (χ3v) is 4.08. The number of hydrazine groups is 1. The van der Waals surface area contributed by atoms with Crippen molar-refractivity contribution in [2.45, 2.75) is 38.9 Å². The molecule has 1 aliphatic rings. The van der Waals surface area contributed by atoms with Gasteiger partial charge in [0.15, 0.2) is 5.69 Å². The average Bonchev–Trinajstić information content (AvgIpc) is 3.04. The smallest absolute Gasteiger partial charge is 0.275 e. The predicted octanol–water partition coefficient (Wildman–Crippen LogP) is -0.800. The van der Waals surface area contributed by atoms with E-state index < -0.39 is 0 Å². The molecule has 1 aliphatic heterocycles. The van der Waals surface area contributed by atoms with Crippen molar-refractivity contribution in [3.8, 4) is 0 Å². The summed E-state index contributed by atoms with van der Waals surface area (Å²) in [6.07, 6.45) is 2.59. The summed E-state index contributed by atoms with van der Waals surface area (Å²) in [7, 11) is 1.80. The van der Waals surface area contributed by atoms with E-state index in [2.05, 4.69) is 35.0 Å². The molecule has 2 heterocycles. The van der Waals surface area contributed by atoms with Crippen LogP contribution in [0.1, 0.15) is 30.8 Å². The van der Waals surface area contributed by atoms with Gasteiger partial charge in [-0.05, 0) is 26.2 Å². The molecule has 1 aromatic heterocycles. The molecule has 0 aliphatic carbocycles. The van der Waals surface area contributed by atoms with E-state index in [0.29, 0.717) is 43.3 Å². The maximum Gasteiger partial charge on any atom is 0.275 e. The summed E-state index contributed by atoms with van der Waals surface area (Å²) in [6, 6.07) is 0.822. The average molecular weight is 295 g/mol. The summed E-state index contributed by atoms with van der Waals surface area (Å²) >= 11 is 0. The number of hydrogen-bond donors (Lipinski definition) is 3. The minimum absolute atomic E-state index is 0.0995. The lowest BCUT2D eigenvalue weighted by Gasteiger charge is -2.22. The molecule has 1 amide bonds. The Morgan fingerprint density at radius 3 is 2.71 bits per heavy atom. The van der Waals surface area contributed by atoms with Crippen molar-refractivity contribution >= 4 is 5.91 Å². The first-order valence-corrected chi connectivity index (χ1v) is 7.39. The van der Waals surface area contributed by atoms with E-state index in [4.69, 9.17) is 5.73 Å².